The van der Waals surface area contributed by atoms with Crippen molar-refractivity contribution in [2.75, 3.05) is 0 Å². The maximum atomic E-state index is 13.6. The molecule has 3 heterocycles. The van der Waals surface area contributed by atoms with E-state index in [1.807, 2.05) is 31.2 Å². The molecule has 0 saturated carbocycles. The lowest BCUT2D eigenvalue weighted by Gasteiger charge is -2.07. The van der Waals surface area contributed by atoms with Gasteiger partial charge in [0.15, 0.2) is 0 Å². The van der Waals surface area contributed by atoms with E-state index in [1.54, 1.807) is 6.20 Å². The molecule has 124 valence electrons. The molecule has 3 aromatic heterocycles. The highest BCUT2D eigenvalue weighted by Crippen LogP contribution is 2.41. The molecule has 4 rings (SSSR count). The Bertz CT molecular complexity index is 1110. The maximum absolute atomic E-state index is 13.6. The summed E-state index contributed by atoms with van der Waals surface area (Å²) in [5, 5.41) is 1.60. The lowest BCUT2D eigenvalue weighted by Crippen LogP contribution is -1.89. The summed E-state index contributed by atoms with van der Waals surface area (Å²) in [5.74, 6) is -0.500. The van der Waals surface area contributed by atoms with Crippen LogP contribution in [0.4, 0.5) is 4.39 Å². The van der Waals surface area contributed by atoms with E-state index in [-0.39, 0.29) is 5.28 Å². The van der Waals surface area contributed by atoms with Crippen LogP contribution in [-0.2, 0) is 0 Å². The minimum atomic E-state index is -0.500. The van der Waals surface area contributed by atoms with Crippen LogP contribution < -0.4 is 0 Å². The van der Waals surface area contributed by atoms with Gasteiger partial charge >= 0.3 is 0 Å². The number of pyridine rings is 1. The Morgan fingerprint density at radius 2 is 1.88 bits per heavy atom. The van der Waals surface area contributed by atoms with Crippen LogP contribution in [0.1, 0.15) is 5.56 Å². The van der Waals surface area contributed by atoms with Gasteiger partial charge in [-0.1, -0.05) is 29.8 Å². The fourth-order valence-electron chi connectivity index (χ4n) is 2.70. The van der Waals surface area contributed by atoms with Gasteiger partial charge in [0.1, 0.15) is 5.69 Å². The molecular formula is C18H10Cl2FN3S. The third-order valence-corrected chi connectivity index (χ3v) is 5.50. The van der Waals surface area contributed by atoms with Crippen LogP contribution in [0.5, 0.6) is 0 Å². The van der Waals surface area contributed by atoms with Gasteiger partial charge in [0.05, 0.1) is 16.1 Å². The van der Waals surface area contributed by atoms with Crippen molar-refractivity contribution in [3.63, 3.8) is 0 Å². The molecule has 25 heavy (non-hydrogen) atoms. The Kier molecular flexibility index (Phi) is 4.15. The van der Waals surface area contributed by atoms with Gasteiger partial charge in [-0.05, 0) is 46.7 Å². The summed E-state index contributed by atoms with van der Waals surface area (Å²) in [6, 6.07) is 9.38. The minimum Gasteiger partial charge on any atom is -0.228 e. The molecular weight excluding hydrogens is 380 g/mol. The average molecular weight is 390 g/mol. The van der Waals surface area contributed by atoms with E-state index in [2.05, 4.69) is 15.0 Å². The molecule has 0 N–H and O–H groups in total. The Morgan fingerprint density at radius 3 is 2.72 bits per heavy atom. The Labute approximate surface area is 157 Å². The second kappa shape index (κ2) is 6.33. The first kappa shape index (κ1) is 16.4. The second-order valence-corrected chi connectivity index (χ2v) is 7.29. The summed E-state index contributed by atoms with van der Waals surface area (Å²) < 4.78 is 14.7. The van der Waals surface area contributed by atoms with Crippen molar-refractivity contribution in [1.82, 2.24) is 15.0 Å². The van der Waals surface area contributed by atoms with Gasteiger partial charge in [-0.2, -0.15) is 4.39 Å². The summed E-state index contributed by atoms with van der Waals surface area (Å²) >= 11 is 13.7. The molecule has 4 aromatic rings. The summed E-state index contributed by atoms with van der Waals surface area (Å²) in [6.45, 7) is 1.91. The van der Waals surface area contributed by atoms with E-state index in [9.17, 15) is 4.39 Å². The zero-order valence-corrected chi connectivity index (χ0v) is 15.3. The van der Waals surface area contributed by atoms with E-state index >= 15 is 0 Å². The monoisotopic (exact) mass is 389 g/mol. The lowest BCUT2D eigenvalue weighted by atomic mass is 10.0. The number of nitrogens with zero attached hydrogens (tertiary/aromatic N) is 3. The quantitative estimate of drug-likeness (QED) is 0.303. The Balaban J connectivity index is 1.96. The molecule has 0 spiro atoms. The van der Waals surface area contributed by atoms with Gasteiger partial charge in [0, 0.05) is 17.0 Å². The van der Waals surface area contributed by atoms with Crippen molar-refractivity contribution >= 4 is 44.6 Å². The normalized spacial score (nSPS) is 11.2. The Morgan fingerprint density at radius 1 is 1.04 bits per heavy atom. The third kappa shape index (κ3) is 2.99. The van der Waals surface area contributed by atoms with Crippen molar-refractivity contribution in [2.24, 2.45) is 0 Å². The minimum absolute atomic E-state index is 0.143. The van der Waals surface area contributed by atoms with Crippen molar-refractivity contribution in [2.45, 2.75) is 6.92 Å². The lowest BCUT2D eigenvalue weighted by molar-refractivity contribution is 0.583. The molecule has 0 bridgehead atoms. The van der Waals surface area contributed by atoms with Crippen LogP contribution in [-0.4, -0.2) is 15.0 Å². The maximum Gasteiger partial charge on any atom is 0.223 e. The van der Waals surface area contributed by atoms with E-state index in [1.165, 1.54) is 23.6 Å². The first-order valence-corrected chi connectivity index (χ1v) is 8.93. The van der Waals surface area contributed by atoms with Crippen molar-refractivity contribution in [3.05, 3.63) is 64.5 Å². The summed E-state index contributed by atoms with van der Waals surface area (Å²) in [5.41, 5.74) is 3.26. The molecule has 0 fully saturated rings. The number of rotatable bonds is 2. The van der Waals surface area contributed by atoms with Crippen molar-refractivity contribution < 1.29 is 4.39 Å². The predicted octanol–water partition coefficient (Wildman–Crippen LogP) is 6.17. The highest BCUT2D eigenvalue weighted by molar-refractivity contribution is 7.22. The number of aryl methyl sites for hydroxylation is 1. The number of aromatic nitrogens is 3. The van der Waals surface area contributed by atoms with Crippen LogP contribution in [0.3, 0.4) is 0 Å². The number of hydrogen-bond donors (Lipinski definition) is 0. The predicted molar refractivity (Wildman–Crippen MR) is 101 cm³/mol. The molecule has 1 aromatic carbocycles. The zero-order valence-electron chi connectivity index (χ0n) is 12.9. The van der Waals surface area contributed by atoms with Gasteiger partial charge < -0.3 is 0 Å². The van der Waals surface area contributed by atoms with Gasteiger partial charge in [-0.25, -0.2) is 15.0 Å². The molecule has 0 aliphatic carbocycles. The topological polar surface area (TPSA) is 38.7 Å². The SMILES string of the molecule is Cc1cnc(F)cc1-c1cccc2cc(-c3nc(Cl)ncc3Cl)sc12. The van der Waals surface area contributed by atoms with Crippen LogP contribution in [0.2, 0.25) is 10.3 Å². The summed E-state index contributed by atoms with van der Waals surface area (Å²) in [7, 11) is 0. The average Bonchev–Trinajstić information content (AvgIpc) is 3.03. The number of fused-ring (bicyclic) bond motifs is 1. The number of thiophene rings is 1. The number of benzene rings is 1. The molecule has 7 heteroatoms. The molecule has 0 aliphatic rings. The first-order chi connectivity index (χ1) is 12.0. The first-order valence-electron chi connectivity index (χ1n) is 7.36. The largest absolute Gasteiger partial charge is 0.228 e. The second-order valence-electron chi connectivity index (χ2n) is 5.49. The van der Waals surface area contributed by atoms with Crippen LogP contribution >= 0.6 is 34.5 Å². The molecule has 0 amide bonds. The van der Waals surface area contributed by atoms with E-state index < -0.39 is 5.95 Å². The highest BCUT2D eigenvalue weighted by atomic mass is 35.5. The standard InChI is InChI=1S/C18H10Cl2FN3S/c1-9-7-22-15(21)6-12(9)11-4-2-3-10-5-14(25-17(10)11)16-13(19)8-23-18(20)24-16/h2-8H,1H3. The van der Waals surface area contributed by atoms with E-state index in [0.717, 1.165) is 31.7 Å². The molecule has 0 radical (unpaired) electrons. The van der Waals surface area contributed by atoms with E-state index in [4.69, 9.17) is 23.2 Å². The van der Waals surface area contributed by atoms with Crippen LogP contribution in [0, 0.1) is 12.9 Å². The number of hydrogen-bond acceptors (Lipinski definition) is 4. The fourth-order valence-corrected chi connectivity index (χ4v) is 4.27. The smallest absolute Gasteiger partial charge is 0.223 e. The molecule has 0 saturated heterocycles. The molecule has 0 aliphatic heterocycles. The van der Waals surface area contributed by atoms with Crippen molar-refractivity contribution in [3.8, 4) is 21.7 Å². The molecule has 0 atom stereocenters. The number of halogens is 3. The summed E-state index contributed by atoms with van der Waals surface area (Å²) in [6.07, 6.45) is 3.03. The van der Waals surface area contributed by atoms with Gasteiger partial charge in [0.25, 0.3) is 0 Å². The Hall–Kier alpha value is -2.08. The molecule has 0 unspecified atom stereocenters. The summed E-state index contributed by atoms with van der Waals surface area (Å²) in [4.78, 5) is 12.7. The van der Waals surface area contributed by atoms with Crippen LogP contribution in [0.25, 0.3) is 31.8 Å². The van der Waals surface area contributed by atoms with Gasteiger partial charge in [0.2, 0.25) is 11.2 Å². The molecule has 3 nitrogen and oxygen atoms in total. The van der Waals surface area contributed by atoms with Crippen LogP contribution in [0.15, 0.2) is 42.7 Å². The highest BCUT2D eigenvalue weighted by Gasteiger charge is 2.15. The zero-order chi connectivity index (χ0) is 17.6. The van der Waals surface area contributed by atoms with Gasteiger partial charge in [-0.3, -0.25) is 0 Å². The third-order valence-electron chi connectivity index (χ3n) is 3.85. The fraction of sp³-hybridized carbons (Fsp3) is 0.0556. The van der Waals surface area contributed by atoms with E-state index in [0.29, 0.717) is 10.7 Å². The van der Waals surface area contributed by atoms with Crippen molar-refractivity contribution in [1.29, 1.82) is 0 Å². The van der Waals surface area contributed by atoms with Gasteiger partial charge in [-0.15, -0.1) is 11.3 Å².